The molecule has 0 aliphatic heterocycles. The summed E-state index contributed by atoms with van der Waals surface area (Å²) < 4.78 is 5.59. The van der Waals surface area contributed by atoms with Gasteiger partial charge in [0.1, 0.15) is 5.75 Å². The van der Waals surface area contributed by atoms with Crippen LogP contribution in [-0.4, -0.2) is 29.8 Å². The Kier molecular flexibility index (Phi) is 6.52. The van der Waals surface area contributed by atoms with Crippen molar-refractivity contribution in [1.82, 2.24) is 5.32 Å². The molecule has 20 heavy (non-hydrogen) atoms. The summed E-state index contributed by atoms with van der Waals surface area (Å²) in [6, 6.07) is 7.60. The Morgan fingerprint density at radius 3 is 2.65 bits per heavy atom. The number of carbonyl (C=O) groups excluding carboxylic acids is 1. The second-order valence-electron chi connectivity index (χ2n) is 5.47. The Morgan fingerprint density at radius 2 is 2.05 bits per heavy atom. The lowest BCUT2D eigenvalue weighted by Gasteiger charge is -2.17. The number of carbonyl (C=O) groups is 1. The molecule has 1 amide bonds. The van der Waals surface area contributed by atoms with Crippen LogP contribution in [0.4, 0.5) is 0 Å². The van der Waals surface area contributed by atoms with Crippen LogP contribution in [0.5, 0.6) is 5.75 Å². The fourth-order valence-corrected chi connectivity index (χ4v) is 1.77. The predicted octanol–water partition coefficient (Wildman–Crippen LogP) is 2.29. The molecular weight excluding hydrogens is 254 g/mol. The van der Waals surface area contributed by atoms with Gasteiger partial charge in [-0.1, -0.05) is 26.0 Å². The van der Waals surface area contributed by atoms with Gasteiger partial charge < -0.3 is 15.2 Å². The van der Waals surface area contributed by atoms with Crippen LogP contribution in [0.1, 0.15) is 32.8 Å². The number of ether oxygens (including phenoxy) is 1. The molecule has 0 aliphatic rings. The fraction of sp³-hybridized carbons (Fsp3) is 0.562. The molecule has 0 saturated heterocycles. The zero-order valence-corrected chi connectivity index (χ0v) is 12.7. The number of aliphatic hydroxyl groups excluding tert-OH is 1. The van der Waals surface area contributed by atoms with Gasteiger partial charge in [-0.3, -0.25) is 4.79 Å². The highest BCUT2D eigenvalue weighted by Crippen LogP contribution is 2.14. The molecule has 0 saturated carbocycles. The number of aryl methyl sites for hydroxylation is 1. The summed E-state index contributed by atoms with van der Waals surface area (Å²) in [4.78, 5) is 11.9. The van der Waals surface area contributed by atoms with E-state index in [0.717, 1.165) is 5.56 Å². The van der Waals surface area contributed by atoms with Gasteiger partial charge in [0.05, 0.1) is 6.10 Å². The molecular formula is C16H25NO3. The van der Waals surface area contributed by atoms with Crippen LogP contribution >= 0.6 is 0 Å². The second-order valence-corrected chi connectivity index (χ2v) is 5.47. The molecule has 0 heterocycles. The number of hydrogen-bond acceptors (Lipinski definition) is 3. The van der Waals surface area contributed by atoms with E-state index in [0.29, 0.717) is 18.7 Å². The van der Waals surface area contributed by atoms with Gasteiger partial charge in [0.15, 0.2) is 6.10 Å². The van der Waals surface area contributed by atoms with Crippen molar-refractivity contribution in [2.24, 2.45) is 5.92 Å². The number of nitrogens with one attached hydrogen (secondary N) is 1. The second kappa shape index (κ2) is 7.90. The first kappa shape index (κ1) is 16.5. The van der Waals surface area contributed by atoms with Gasteiger partial charge in [0.25, 0.3) is 5.91 Å². The van der Waals surface area contributed by atoms with Crippen LogP contribution < -0.4 is 10.1 Å². The van der Waals surface area contributed by atoms with E-state index in [9.17, 15) is 9.90 Å². The minimum absolute atomic E-state index is 0.164. The third-order valence-electron chi connectivity index (χ3n) is 3.18. The predicted molar refractivity (Wildman–Crippen MR) is 79.7 cm³/mol. The first-order valence-corrected chi connectivity index (χ1v) is 7.09. The maximum atomic E-state index is 11.9. The van der Waals surface area contributed by atoms with Gasteiger partial charge in [-0.05, 0) is 43.9 Å². The van der Waals surface area contributed by atoms with Crippen LogP contribution in [-0.2, 0) is 4.79 Å². The highest BCUT2D eigenvalue weighted by Gasteiger charge is 2.15. The number of aliphatic hydroxyl groups is 1. The molecule has 112 valence electrons. The number of amides is 1. The standard InChI is InChI=1S/C16H25NO3/c1-11(2)15(18)8-9-17-16(19)13(4)20-14-7-5-6-12(3)10-14/h5-7,10-11,13,15,18H,8-9H2,1-4H3,(H,17,19). The van der Waals surface area contributed by atoms with Gasteiger partial charge in [-0.15, -0.1) is 0 Å². The minimum atomic E-state index is -0.548. The summed E-state index contributed by atoms with van der Waals surface area (Å²) in [5.74, 6) is 0.727. The lowest BCUT2D eigenvalue weighted by molar-refractivity contribution is -0.127. The molecule has 0 radical (unpaired) electrons. The summed E-state index contributed by atoms with van der Waals surface area (Å²) in [5.41, 5.74) is 1.09. The number of hydrogen-bond donors (Lipinski definition) is 2. The SMILES string of the molecule is Cc1cccc(OC(C)C(=O)NCCC(O)C(C)C)c1. The van der Waals surface area contributed by atoms with Crippen LogP contribution in [0.3, 0.4) is 0 Å². The maximum absolute atomic E-state index is 11.9. The van der Waals surface area contributed by atoms with E-state index < -0.39 is 6.10 Å². The molecule has 0 spiro atoms. The summed E-state index contributed by atoms with van der Waals surface area (Å²) in [5, 5.41) is 12.4. The van der Waals surface area contributed by atoms with Gasteiger partial charge in [-0.2, -0.15) is 0 Å². The molecule has 0 fully saturated rings. The van der Waals surface area contributed by atoms with Crippen molar-refractivity contribution in [3.8, 4) is 5.75 Å². The number of benzene rings is 1. The third kappa shape index (κ3) is 5.61. The lowest BCUT2D eigenvalue weighted by Crippen LogP contribution is -2.38. The molecule has 0 bridgehead atoms. The topological polar surface area (TPSA) is 58.6 Å². The minimum Gasteiger partial charge on any atom is -0.481 e. The zero-order valence-electron chi connectivity index (χ0n) is 12.7. The normalized spacial score (nSPS) is 13.9. The van der Waals surface area contributed by atoms with Crippen LogP contribution in [0.25, 0.3) is 0 Å². The Labute approximate surface area is 121 Å². The van der Waals surface area contributed by atoms with E-state index in [4.69, 9.17) is 4.74 Å². The molecule has 4 heteroatoms. The van der Waals surface area contributed by atoms with Crippen molar-refractivity contribution < 1.29 is 14.6 Å². The molecule has 1 aromatic rings. The quantitative estimate of drug-likeness (QED) is 0.805. The smallest absolute Gasteiger partial charge is 0.260 e. The first-order valence-electron chi connectivity index (χ1n) is 7.09. The summed E-state index contributed by atoms with van der Waals surface area (Å²) in [7, 11) is 0. The molecule has 4 nitrogen and oxygen atoms in total. The molecule has 1 aromatic carbocycles. The van der Waals surface area contributed by atoms with E-state index in [1.165, 1.54) is 0 Å². The van der Waals surface area contributed by atoms with Gasteiger partial charge in [-0.25, -0.2) is 0 Å². The van der Waals surface area contributed by atoms with Crippen molar-refractivity contribution in [3.05, 3.63) is 29.8 Å². The average Bonchev–Trinajstić information content (AvgIpc) is 2.38. The van der Waals surface area contributed by atoms with Crippen molar-refractivity contribution in [1.29, 1.82) is 0 Å². The Bertz CT molecular complexity index is 431. The first-order chi connectivity index (χ1) is 9.40. The lowest BCUT2D eigenvalue weighted by atomic mass is 10.0. The van der Waals surface area contributed by atoms with Gasteiger partial charge in [0.2, 0.25) is 0 Å². The molecule has 2 N–H and O–H groups in total. The highest BCUT2D eigenvalue weighted by atomic mass is 16.5. The van der Waals surface area contributed by atoms with E-state index in [1.807, 2.05) is 45.0 Å². The van der Waals surface area contributed by atoms with Crippen LogP contribution in [0, 0.1) is 12.8 Å². The van der Waals surface area contributed by atoms with E-state index >= 15 is 0 Å². The van der Waals surface area contributed by atoms with Gasteiger partial charge >= 0.3 is 0 Å². The Morgan fingerprint density at radius 1 is 1.35 bits per heavy atom. The van der Waals surface area contributed by atoms with Gasteiger partial charge in [0, 0.05) is 6.54 Å². The summed E-state index contributed by atoms with van der Waals surface area (Å²) in [6.45, 7) is 8.06. The maximum Gasteiger partial charge on any atom is 0.260 e. The number of rotatable bonds is 7. The summed E-state index contributed by atoms with van der Waals surface area (Å²) in [6.07, 6.45) is -0.378. The van der Waals surface area contributed by atoms with Crippen LogP contribution in [0.15, 0.2) is 24.3 Å². The molecule has 0 aromatic heterocycles. The van der Waals surface area contributed by atoms with E-state index in [-0.39, 0.29) is 17.9 Å². The monoisotopic (exact) mass is 279 g/mol. The van der Waals surface area contributed by atoms with Crippen molar-refractivity contribution in [2.75, 3.05) is 6.54 Å². The molecule has 2 unspecified atom stereocenters. The molecule has 2 atom stereocenters. The Hall–Kier alpha value is -1.55. The Balaban J connectivity index is 2.36. The zero-order chi connectivity index (χ0) is 15.1. The summed E-state index contributed by atoms with van der Waals surface area (Å²) >= 11 is 0. The van der Waals surface area contributed by atoms with Crippen molar-refractivity contribution in [2.45, 2.75) is 46.3 Å². The molecule has 0 aliphatic carbocycles. The van der Waals surface area contributed by atoms with E-state index in [2.05, 4.69) is 5.32 Å². The van der Waals surface area contributed by atoms with E-state index in [1.54, 1.807) is 6.92 Å². The fourth-order valence-electron chi connectivity index (χ4n) is 1.77. The average molecular weight is 279 g/mol. The molecule has 1 rings (SSSR count). The third-order valence-corrected chi connectivity index (χ3v) is 3.18. The largest absolute Gasteiger partial charge is 0.481 e. The highest BCUT2D eigenvalue weighted by molar-refractivity contribution is 5.80. The van der Waals surface area contributed by atoms with Crippen molar-refractivity contribution in [3.63, 3.8) is 0 Å². The van der Waals surface area contributed by atoms with Crippen molar-refractivity contribution >= 4 is 5.91 Å². The van der Waals surface area contributed by atoms with Crippen LogP contribution in [0.2, 0.25) is 0 Å².